The van der Waals surface area contributed by atoms with E-state index in [2.05, 4.69) is 5.32 Å². The Hall–Kier alpha value is -4.01. The Morgan fingerprint density at radius 1 is 1.11 bits per heavy atom. The Balaban J connectivity index is 1.71. The molecule has 1 aliphatic heterocycles. The van der Waals surface area contributed by atoms with Gasteiger partial charge in [0.15, 0.2) is 0 Å². The molecule has 8 nitrogen and oxygen atoms in total. The molecule has 0 aliphatic carbocycles. The van der Waals surface area contributed by atoms with E-state index in [4.69, 9.17) is 9.72 Å². The van der Waals surface area contributed by atoms with Crippen molar-refractivity contribution in [3.63, 3.8) is 0 Å². The van der Waals surface area contributed by atoms with Crippen LogP contribution in [0.1, 0.15) is 29.3 Å². The maximum Gasteiger partial charge on any atom is 0.410 e. The summed E-state index contributed by atoms with van der Waals surface area (Å²) in [6.45, 7) is 5.80. The van der Waals surface area contributed by atoms with Crippen molar-refractivity contribution in [1.29, 1.82) is 0 Å². The van der Waals surface area contributed by atoms with E-state index in [0.717, 1.165) is 11.1 Å². The molecular weight excluding hydrogens is 451 g/mol. The second-order valence-electron chi connectivity index (χ2n) is 8.52. The minimum Gasteiger partial charge on any atom is -0.450 e. The van der Waals surface area contributed by atoms with Crippen molar-refractivity contribution in [2.75, 3.05) is 18.5 Å². The molecule has 4 rings (SSSR count). The Bertz CT molecular complexity index is 1330. The summed E-state index contributed by atoms with van der Waals surface area (Å²) in [5.74, 6) is -0.792. The fraction of sp³-hybridized carbons (Fsp3) is 0.308. The number of nitrogens with one attached hydrogen (secondary N) is 1. The number of anilines is 1. The highest BCUT2D eigenvalue weighted by molar-refractivity contribution is 5.91. The third-order valence-corrected chi connectivity index (χ3v) is 5.86. The van der Waals surface area contributed by atoms with Gasteiger partial charge in [0.2, 0.25) is 5.91 Å². The van der Waals surface area contributed by atoms with Crippen LogP contribution >= 0.6 is 0 Å². The van der Waals surface area contributed by atoms with E-state index in [9.17, 15) is 18.8 Å². The zero-order valence-electron chi connectivity index (χ0n) is 19.9. The van der Waals surface area contributed by atoms with E-state index >= 15 is 0 Å². The van der Waals surface area contributed by atoms with Crippen LogP contribution < -0.4 is 10.9 Å². The quantitative estimate of drug-likeness (QED) is 0.602. The summed E-state index contributed by atoms with van der Waals surface area (Å²) in [5, 5.41) is 2.55. The Labute approximate surface area is 202 Å². The van der Waals surface area contributed by atoms with Gasteiger partial charge in [0.1, 0.15) is 18.2 Å². The van der Waals surface area contributed by atoms with E-state index in [1.165, 1.54) is 21.6 Å². The summed E-state index contributed by atoms with van der Waals surface area (Å²) >= 11 is 0. The summed E-state index contributed by atoms with van der Waals surface area (Å²) in [7, 11) is 0. The number of carbonyl (C=O) groups excluding carboxylic acids is 2. The van der Waals surface area contributed by atoms with Crippen LogP contribution in [0.15, 0.2) is 47.3 Å². The summed E-state index contributed by atoms with van der Waals surface area (Å²) in [5.41, 5.74) is 3.03. The average molecular weight is 479 g/mol. The fourth-order valence-corrected chi connectivity index (χ4v) is 4.02. The van der Waals surface area contributed by atoms with Crippen LogP contribution in [0, 0.1) is 19.7 Å². The summed E-state index contributed by atoms with van der Waals surface area (Å²) in [6, 6.07) is 11.9. The molecule has 182 valence electrons. The number of fused-ring (bicyclic) bond motifs is 1. The lowest BCUT2D eigenvalue weighted by atomic mass is 10.1. The van der Waals surface area contributed by atoms with Crippen LogP contribution in [0.4, 0.5) is 14.9 Å². The summed E-state index contributed by atoms with van der Waals surface area (Å²) in [6.07, 6.45) is -0.164. The molecular formula is C26H27FN4O4. The van der Waals surface area contributed by atoms with Gasteiger partial charge in [-0.2, -0.15) is 0 Å². The van der Waals surface area contributed by atoms with Crippen molar-refractivity contribution in [2.24, 2.45) is 0 Å². The molecule has 0 bridgehead atoms. The number of carbonyl (C=O) groups is 2. The van der Waals surface area contributed by atoms with Crippen molar-refractivity contribution in [2.45, 2.75) is 40.3 Å². The van der Waals surface area contributed by atoms with Gasteiger partial charge in [-0.05, 0) is 44.9 Å². The largest absolute Gasteiger partial charge is 0.450 e. The molecule has 2 heterocycles. The molecule has 2 aromatic carbocycles. The van der Waals surface area contributed by atoms with E-state index in [1.807, 2.05) is 31.2 Å². The van der Waals surface area contributed by atoms with Gasteiger partial charge in [-0.3, -0.25) is 14.2 Å². The lowest BCUT2D eigenvalue weighted by Crippen LogP contribution is -2.42. The van der Waals surface area contributed by atoms with Gasteiger partial charge < -0.3 is 15.0 Å². The predicted molar refractivity (Wildman–Crippen MR) is 130 cm³/mol. The highest BCUT2D eigenvalue weighted by atomic mass is 19.1. The van der Waals surface area contributed by atoms with Crippen LogP contribution in [0.5, 0.6) is 0 Å². The molecule has 0 saturated heterocycles. The first kappa shape index (κ1) is 24.1. The summed E-state index contributed by atoms with van der Waals surface area (Å²) in [4.78, 5) is 44.8. The van der Waals surface area contributed by atoms with Crippen molar-refractivity contribution < 1.29 is 18.7 Å². The highest BCUT2D eigenvalue weighted by Crippen LogP contribution is 2.22. The number of hydrogen-bond donors (Lipinski definition) is 1. The second kappa shape index (κ2) is 10.1. The number of amides is 2. The zero-order valence-corrected chi connectivity index (χ0v) is 19.9. The van der Waals surface area contributed by atoms with E-state index < -0.39 is 17.8 Å². The van der Waals surface area contributed by atoms with E-state index in [-0.39, 0.29) is 30.9 Å². The van der Waals surface area contributed by atoms with Gasteiger partial charge >= 0.3 is 6.09 Å². The van der Waals surface area contributed by atoms with Crippen molar-refractivity contribution in [3.05, 3.63) is 81.0 Å². The monoisotopic (exact) mass is 478 g/mol. The SMILES string of the molecule is CCOC(=O)N1CCc2c(nc(-c3ccc(C)cc3)n(CC(=O)Nc3ccc(C)cc3F)c2=O)C1. The van der Waals surface area contributed by atoms with Crippen molar-refractivity contribution >= 4 is 17.7 Å². The standard InChI is InChI=1S/C26H27FN4O4/c1-4-35-26(34)30-12-11-19-22(14-30)29-24(18-8-5-16(2)6-9-18)31(25(19)33)15-23(32)28-21-10-7-17(3)13-20(21)27/h5-10,13H,4,11-12,14-15H2,1-3H3,(H,28,32). The number of hydrogen-bond acceptors (Lipinski definition) is 5. The molecule has 1 aliphatic rings. The van der Waals surface area contributed by atoms with Gasteiger partial charge in [0, 0.05) is 17.7 Å². The van der Waals surface area contributed by atoms with Crippen molar-refractivity contribution in [3.8, 4) is 11.4 Å². The molecule has 2 amide bonds. The van der Waals surface area contributed by atoms with E-state index in [1.54, 1.807) is 19.9 Å². The Morgan fingerprint density at radius 2 is 1.83 bits per heavy atom. The Kier molecular flexibility index (Phi) is 6.95. The highest BCUT2D eigenvalue weighted by Gasteiger charge is 2.27. The van der Waals surface area contributed by atoms with Crippen LogP contribution in [0.3, 0.4) is 0 Å². The van der Waals surface area contributed by atoms with Gasteiger partial charge in [-0.1, -0.05) is 35.9 Å². The first-order chi connectivity index (χ1) is 16.8. The molecule has 0 spiro atoms. The first-order valence-electron chi connectivity index (χ1n) is 11.4. The van der Waals surface area contributed by atoms with E-state index in [0.29, 0.717) is 35.6 Å². The molecule has 0 radical (unpaired) electrons. The molecule has 0 unspecified atom stereocenters. The van der Waals surface area contributed by atoms with Crippen LogP contribution in [-0.4, -0.2) is 39.6 Å². The number of benzene rings is 2. The third-order valence-electron chi connectivity index (χ3n) is 5.86. The number of nitrogens with zero attached hydrogens (tertiary/aromatic N) is 3. The average Bonchev–Trinajstić information content (AvgIpc) is 2.83. The Morgan fingerprint density at radius 3 is 2.51 bits per heavy atom. The number of aryl methyl sites for hydroxylation is 2. The smallest absolute Gasteiger partial charge is 0.410 e. The van der Waals surface area contributed by atoms with Crippen LogP contribution in [-0.2, 0) is 29.0 Å². The molecule has 9 heteroatoms. The van der Waals surface area contributed by atoms with Gasteiger partial charge in [-0.15, -0.1) is 0 Å². The minimum absolute atomic E-state index is 0.0431. The maximum absolute atomic E-state index is 14.3. The molecule has 0 saturated carbocycles. The topological polar surface area (TPSA) is 93.5 Å². The lowest BCUT2D eigenvalue weighted by Gasteiger charge is -2.28. The zero-order chi connectivity index (χ0) is 25.1. The maximum atomic E-state index is 14.3. The predicted octanol–water partition coefficient (Wildman–Crippen LogP) is 3.82. The number of halogens is 1. The van der Waals surface area contributed by atoms with Gasteiger partial charge in [-0.25, -0.2) is 14.2 Å². The summed E-state index contributed by atoms with van der Waals surface area (Å²) < 4.78 is 20.7. The molecule has 0 atom stereocenters. The number of aromatic nitrogens is 2. The van der Waals surface area contributed by atoms with Gasteiger partial charge in [0.05, 0.1) is 24.5 Å². The second-order valence-corrected chi connectivity index (χ2v) is 8.52. The normalized spacial score (nSPS) is 12.7. The number of ether oxygens (including phenoxy) is 1. The minimum atomic E-state index is -0.549. The number of rotatable bonds is 5. The molecule has 1 aromatic heterocycles. The first-order valence-corrected chi connectivity index (χ1v) is 11.4. The molecule has 3 aromatic rings. The van der Waals surface area contributed by atoms with Crippen molar-refractivity contribution in [1.82, 2.24) is 14.5 Å². The third kappa shape index (κ3) is 5.24. The molecule has 0 fully saturated rings. The molecule has 1 N–H and O–H groups in total. The fourth-order valence-electron chi connectivity index (χ4n) is 4.02. The van der Waals surface area contributed by atoms with Gasteiger partial charge in [0.25, 0.3) is 5.56 Å². The van der Waals surface area contributed by atoms with Crippen LogP contribution in [0.25, 0.3) is 11.4 Å². The molecule has 35 heavy (non-hydrogen) atoms. The van der Waals surface area contributed by atoms with Crippen LogP contribution in [0.2, 0.25) is 0 Å². The lowest BCUT2D eigenvalue weighted by molar-refractivity contribution is -0.116.